The van der Waals surface area contributed by atoms with Gasteiger partial charge in [-0.2, -0.15) is 13.2 Å². The molecule has 202 valence electrons. The van der Waals surface area contributed by atoms with E-state index in [0.717, 1.165) is 34.5 Å². The van der Waals surface area contributed by atoms with Gasteiger partial charge in [-0.15, -0.1) is 24.0 Å². The van der Waals surface area contributed by atoms with Crippen molar-refractivity contribution < 1.29 is 32.7 Å². The van der Waals surface area contributed by atoms with Gasteiger partial charge in [0.2, 0.25) is 0 Å². The number of carboxylic acid groups (broad SMARTS) is 1. The van der Waals surface area contributed by atoms with Crippen molar-refractivity contribution in [3.05, 3.63) is 89.0 Å². The Morgan fingerprint density at radius 1 is 0.974 bits per heavy atom. The Hall–Kier alpha value is -4.10. The average Bonchev–Trinajstić information content (AvgIpc) is 3.26. The van der Waals surface area contributed by atoms with Gasteiger partial charge in [0.25, 0.3) is 5.91 Å². The van der Waals surface area contributed by atoms with Gasteiger partial charge in [0.15, 0.2) is 0 Å². The fourth-order valence-electron chi connectivity index (χ4n) is 3.72. The van der Waals surface area contributed by atoms with Gasteiger partial charge in [-0.25, -0.2) is 9.78 Å². The quantitative estimate of drug-likeness (QED) is 0.173. The number of halogens is 3. The van der Waals surface area contributed by atoms with Crippen molar-refractivity contribution in [1.82, 2.24) is 15.6 Å². The highest BCUT2D eigenvalue weighted by Crippen LogP contribution is 2.31. The highest BCUT2D eigenvalue weighted by Gasteiger charge is 2.30. The number of hydrogen-bond acceptors (Lipinski definition) is 6. The van der Waals surface area contributed by atoms with Crippen molar-refractivity contribution in [1.29, 1.82) is 0 Å². The van der Waals surface area contributed by atoms with E-state index in [9.17, 15) is 27.6 Å². The molecule has 0 aliphatic carbocycles. The first-order valence-corrected chi connectivity index (χ1v) is 12.7. The molecule has 13 heteroatoms. The highest BCUT2D eigenvalue weighted by molar-refractivity contribution is 7.82. The van der Waals surface area contributed by atoms with Crippen molar-refractivity contribution in [2.24, 2.45) is 0 Å². The summed E-state index contributed by atoms with van der Waals surface area (Å²) < 4.78 is 40.0. The monoisotopic (exact) mass is 574 g/mol. The van der Waals surface area contributed by atoms with Crippen LogP contribution in [0.4, 0.5) is 23.7 Å². The third-order valence-electron chi connectivity index (χ3n) is 5.61. The van der Waals surface area contributed by atoms with Crippen LogP contribution >= 0.6 is 24.0 Å². The minimum Gasteiger partial charge on any atom is -0.481 e. The number of thiol groups is 1. The molecule has 39 heavy (non-hydrogen) atoms. The number of carbonyl (C=O) groups is 3. The molecule has 4 N–H and O–H groups in total. The molecule has 0 fully saturated rings. The molecule has 0 saturated carbocycles. The van der Waals surface area contributed by atoms with Gasteiger partial charge in [0.05, 0.1) is 28.2 Å². The fourth-order valence-corrected chi connectivity index (χ4v) is 4.88. The summed E-state index contributed by atoms with van der Waals surface area (Å²) >= 11 is 5.65. The molecular formula is C26H21F3N4O4S2. The van der Waals surface area contributed by atoms with E-state index >= 15 is 0 Å². The number of thiazole rings is 1. The van der Waals surface area contributed by atoms with Crippen LogP contribution in [0.3, 0.4) is 0 Å². The third kappa shape index (κ3) is 7.27. The smallest absolute Gasteiger partial charge is 0.416 e. The number of nitrogens with one attached hydrogen (secondary N) is 3. The Balaban J connectivity index is 1.56. The lowest BCUT2D eigenvalue weighted by atomic mass is 9.97. The molecule has 0 radical (unpaired) electrons. The largest absolute Gasteiger partial charge is 0.481 e. The highest BCUT2D eigenvalue weighted by atomic mass is 32.2. The van der Waals surface area contributed by atoms with Crippen LogP contribution in [0.25, 0.3) is 10.2 Å². The minimum absolute atomic E-state index is 0.0216. The number of aromatic nitrogens is 1. The molecule has 8 nitrogen and oxygen atoms in total. The number of carbonyl (C=O) groups excluding carboxylic acids is 2. The first-order valence-electron chi connectivity index (χ1n) is 11.4. The summed E-state index contributed by atoms with van der Waals surface area (Å²) in [7, 11) is 0. The van der Waals surface area contributed by atoms with E-state index in [-0.39, 0.29) is 18.7 Å². The Bertz CT molecular complexity index is 1510. The van der Waals surface area contributed by atoms with E-state index < -0.39 is 35.7 Å². The normalized spacial score (nSPS) is 12.1. The van der Waals surface area contributed by atoms with Gasteiger partial charge < -0.3 is 21.1 Å². The van der Waals surface area contributed by atoms with E-state index in [0.29, 0.717) is 21.0 Å². The van der Waals surface area contributed by atoms with Crippen LogP contribution in [0.15, 0.2) is 71.1 Å². The van der Waals surface area contributed by atoms with Gasteiger partial charge in [0.1, 0.15) is 4.34 Å². The van der Waals surface area contributed by atoms with Crippen LogP contribution < -0.4 is 16.0 Å². The summed E-state index contributed by atoms with van der Waals surface area (Å²) in [6, 6.07) is 14.5. The number of amides is 3. The molecule has 0 aliphatic rings. The van der Waals surface area contributed by atoms with Crippen LogP contribution in [0.1, 0.15) is 39.5 Å². The molecule has 0 saturated heterocycles. The molecular weight excluding hydrogens is 553 g/mol. The van der Waals surface area contributed by atoms with Crippen LogP contribution in [-0.2, 0) is 11.0 Å². The van der Waals surface area contributed by atoms with E-state index in [2.05, 4.69) is 33.6 Å². The predicted molar refractivity (Wildman–Crippen MR) is 143 cm³/mol. The second kappa shape index (κ2) is 11.7. The van der Waals surface area contributed by atoms with Gasteiger partial charge >= 0.3 is 18.2 Å². The number of alkyl halides is 3. The lowest BCUT2D eigenvalue weighted by Crippen LogP contribution is -2.33. The number of nitrogens with zero attached hydrogens (tertiary/aromatic N) is 1. The van der Waals surface area contributed by atoms with Crippen molar-refractivity contribution in [3.63, 3.8) is 0 Å². The maximum atomic E-state index is 12.9. The first kappa shape index (κ1) is 27.9. The molecule has 1 aromatic heterocycles. The second-order valence-electron chi connectivity index (χ2n) is 8.35. The van der Waals surface area contributed by atoms with Gasteiger partial charge in [0, 0.05) is 17.8 Å². The van der Waals surface area contributed by atoms with Crippen molar-refractivity contribution in [2.45, 2.75) is 23.0 Å². The minimum atomic E-state index is -4.49. The van der Waals surface area contributed by atoms with Crippen molar-refractivity contribution in [2.75, 3.05) is 11.9 Å². The molecule has 4 rings (SSSR count). The second-order valence-corrected chi connectivity index (χ2v) is 10.1. The van der Waals surface area contributed by atoms with Gasteiger partial charge in [-0.1, -0.05) is 18.2 Å². The molecule has 0 aliphatic heterocycles. The standard InChI is InChI=1S/C26H21F3N4O4S2/c27-26(28,29)17-6-8-18(9-7-17)31-24(37)33-22(16-5-10-19-20(13-16)39-25(38)32-19)14-1-3-15(4-2-14)23(36)30-12-11-21(34)35/h1-10,13,22H,11-12H2,(H,30,36)(H,32,38)(H,34,35)(H2,31,33,37). The SMILES string of the molecule is O=C(O)CCNC(=O)c1ccc(C(NC(=O)Nc2ccc(C(F)(F)F)cc2)c2ccc3nc(S)sc3c2)cc1. The number of benzene rings is 3. The zero-order valence-electron chi connectivity index (χ0n) is 20.0. The van der Waals surface area contributed by atoms with Gasteiger partial charge in [-0.05, 0) is 59.7 Å². The van der Waals surface area contributed by atoms with E-state index in [4.69, 9.17) is 5.11 Å². The van der Waals surface area contributed by atoms with Crippen LogP contribution in [0, 0.1) is 0 Å². The zero-order chi connectivity index (χ0) is 28.2. The molecule has 1 heterocycles. The predicted octanol–water partition coefficient (Wildman–Crippen LogP) is 5.72. The number of aliphatic carboxylic acids is 1. The van der Waals surface area contributed by atoms with Crippen LogP contribution in [-0.4, -0.2) is 34.5 Å². The molecule has 1 atom stereocenters. The van der Waals surface area contributed by atoms with Gasteiger partial charge in [-0.3, -0.25) is 9.59 Å². The van der Waals surface area contributed by atoms with E-state index in [1.54, 1.807) is 36.4 Å². The fraction of sp³-hybridized carbons (Fsp3) is 0.154. The van der Waals surface area contributed by atoms with E-state index in [1.165, 1.54) is 11.3 Å². The zero-order valence-corrected chi connectivity index (χ0v) is 21.7. The van der Waals surface area contributed by atoms with Crippen molar-refractivity contribution >= 4 is 57.8 Å². The summed E-state index contributed by atoms with van der Waals surface area (Å²) in [6.45, 7) is -0.0216. The topological polar surface area (TPSA) is 120 Å². The average molecular weight is 575 g/mol. The summed E-state index contributed by atoms with van der Waals surface area (Å²) in [5.41, 5.74) is 1.69. The number of anilines is 1. The number of carboxylic acids is 1. The number of urea groups is 1. The third-order valence-corrected chi connectivity index (χ3v) is 6.81. The Morgan fingerprint density at radius 3 is 2.28 bits per heavy atom. The Kier molecular flexibility index (Phi) is 8.41. The number of rotatable bonds is 8. The Labute approximate surface area is 229 Å². The maximum absolute atomic E-state index is 12.9. The lowest BCUT2D eigenvalue weighted by Gasteiger charge is -2.21. The maximum Gasteiger partial charge on any atom is 0.416 e. The summed E-state index contributed by atoms with van der Waals surface area (Å²) in [4.78, 5) is 40.2. The first-order chi connectivity index (χ1) is 18.5. The lowest BCUT2D eigenvalue weighted by molar-refractivity contribution is -0.138. The summed E-state index contributed by atoms with van der Waals surface area (Å²) in [5.74, 6) is -1.48. The Morgan fingerprint density at radius 2 is 1.64 bits per heavy atom. The molecule has 0 bridgehead atoms. The van der Waals surface area contributed by atoms with E-state index in [1.807, 2.05) is 6.07 Å². The molecule has 1 unspecified atom stereocenters. The molecule has 4 aromatic rings. The molecule has 3 aromatic carbocycles. The number of hydrogen-bond donors (Lipinski definition) is 5. The summed E-state index contributed by atoms with van der Waals surface area (Å²) in [6.07, 6.45) is -4.70. The summed E-state index contributed by atoms with van der Waals surface area (Å²) in [5, 5.41) is 16.6. The molecule has 3 amide bonds. The molecule has 0 spiro atoms. The van der Waals surface area contributed by atoms with Crippen molar-refractivity contribution in [3.8, 4) is 0 Å². The van der Waals surface area contributed by atoms with Crippen LogP contribution in [0.2, 0.25) is 0 Å². The number of fused-ring (bicyclic) bond motifs is 1. The van der Waals surface area contributed by atoms with Crippen LogP contribution in [0.5, 0.6) is 0 Å².